The molecule has 0 aliphatic heterocycles. The van der Waals surface area contributed by atoms with Crippen LogP contribution in [0.4, 0.5) is 11.4 Å². The van der Waals surface area contributed by atoms with Gasteiger partial charge in [-0.3, -0.25) is 14.6 Å². The summed E-state index contributed by atoms with van der Waals surface area (Å²) < 4.78 is 10.9. The lowest BCUT2D eigenvalue weighted by molar-refractivity contribution is -0.106. The number of methoxy groups -OCH3 is 2. The number of aromatic nitrogens is 2. The third kappa shape index (κ3) is 7.51. The van der Waals surface area contributed by atoms with Crippen molar-refractivity contribution in [2.24, 2.45) is 0 Å². The van der Waals surface area contributed by atoms with Gasteiger partial charge in [0.05, 0.1) is 10.7 Å². The van der Waals surface area contributed by atoms with E-state index in [0.717, 1.165) is 43.7 Å². The van der Waals surface area contributed by atoms with E-state index in [9.17, 15) is 9.59 Å². The molecule has 0 saturated carbocycles. The molecule has 40 heavy (non-hydrogen) atoms. The quantitative estimate of drug-likeness (QED) is 0.157. The van der Waals surface area contributed by atoms with Crippen LogP contribution in [0.1, 0.15) is 44.0 Å². The van der Waals surface area contributed by atoms with E-state index in [1.54, 1.807) is 44.8 Å². The summed E-state index contributed by atoms with van der Waals surface area (Å²) in [6.45, 7) is 3.89. The first kappa shape index (κ1) is 30.9. The standard InChI is InChI=1S/C21H19BrClN3O.C9H11NO3/c1-12-10-19(25-11-16(12)22)21(27)26-17-8-4-6-14(13(17)2)15-7-5-9-18(24-3)20(15)23;1-12-9(13-2)7-3-4-8(6-11)10-5-7/h4-11,24H,1-3H3,(H,26,27);3-6,9H,1-2H3. The molecule has 2 aromatic carbocycles. The van der Waals surface area contributed by atoms with Crippen LogP contribution >= 0.6 is 27.5 Å². The number of aldehydes is 1. The predicted octanol–water partition coefficient (Wildman–Crippen LogP) is 7.26. The zero-order valence-corrected chi connectivity index (χ0v) is 25.1. The van der Waals surface area contributed by atoms with Crippen molar-refractivity contribution in [3.05, 3.63) is 105 Å². The summed E-state index contributed by atoms with van der Waals surface area (Å²) in [5.74, 6) is -0.249. The van der Waals surface area contributed by atoms with Crippen molar-refractivity contribution >= 4 is 51.1 Å². The first-order valence-electron chi connectivity index (χ1n) is 12.2. The Kier molecular flexibility index (Phi) is 11.3. The minimum atomic E-state index is -0.423. The number of ether oxygens (including phenoxy) is 2. The molecule has 2 heterocycles. The van der Waals surface area contributed by atoms with Crippen LogP contribution in [0.15, 0.2) is 71.5 Å². The fraction of sp³-hybridized carbons (Fsp3) is 0.200. The number of halogens is 2. The minimum absolute atomic E-state index is 0.249. The van der Waals surface area contributed by atoms with Gasteiger partial charge >= 0.3 is 0 Å². The Balaban J connectivity index is 0.000000285. The van der Waals surface area contributed by atoms with Gasteiger partial charge in [-0.2, -0.15) is 0 Å². The van der Waals surface area contributed by atoms with Crippen molar-refractivity contribution in [2.75, 3.05) is 31.9 Å². The fourth-order valence-electron chi connectivity index (χ4n) is 3.84. The van der Waals surface area contributed by atoms with Gasteiger partial charge < -0.3 is 20.1 Å². The number of anilines is 2. The molecule has 0 atom stereocenters. The summed E-state index contributed by atoms with van der Waals surface area (Å²) in [5.41, 5.74) is 6.92. The number of amides is 1. The summed E-state index contributed by atoms with van der Waals surface area (Å²) in [6.07, 6.45) is 3.46. The largest absolute Gasteiger partial charge is 0.387 e. The Hall–Kier alpha value is -3.63. The molecule has 2 aromatic heterocycles. The molecular formula is C30H30BrClN4O4. The molecule has 0 unspecified atom stereocenters. The average molecular weight is 626 g/mol. The number of aryl methyl sites for hydroxylation is 1. The highest BCUT2D eigenvalue weighted by Gasteiger charge is 2.15. The summed E-state index contributed by atoms with van der Waals surface area (Å²) >= 11 is 9.94. The van der Waals surface area contributed by atoms with Gasteiger partial charge in [-0.05, 0) is 70.7 Å². The molecule has 0 fully saturated rings. The van der Waals surface area contributed by atoms with Gasteiger partial charge in [0.25, 0.3) is 5.91 Å². The molecule has 0 bridgehead atoms. The Morgan fingerprint density at radius 1 is 0.975 bits per heavy atom. The second-order valence-electron chi connectivity index (χ2n) is 8.61. The van der Waals surface area contributed by atoms with E-state index in [1.807, 2.05) is 57.3 Å². The maximum atomic E-state index is 12.6. The monoisotopic (exact) mass is 624 g/mol. The summed E-state index contributed by atoms with van der Waals surface area (Å²) in [7, 11) is 4.92. The predicted molar refractivity (Wildman–Crippen MR) is 162 cm³/mol. The highest BCUT2D eigenvalue weighted by atomic mass is 79.9. The molecule has 0 radical (unpaired) electrons. The van der Waals surface area contributed by atoms with Crippen molar-refractivity contribution in [3.8, 4) is 11.1 Å². The minimum Gasteiger partial charge on any atom is -0.387 e. The highest BCUT2D eigenvalue weighted by Crippen LogP contribution is 2.37. The molecule has 0 saturated heterocycles. The van der Waals surface area contributed by atoms with Crippen molar-refractivity contribution in [3.63, 3.8) is 0 Å². The number of nitrogens with one attached hydrogen (secondary N) is 2. The molecule has 208 valence electrons. The molecule has 0 aliphatic rings. The van der Waals surface area contributed by atoms with Crippen LogP contribution in [0.2, 0.25) is 5.02 Å². The smallest absolute Gasteiger partial charge is 0.274 e. The van der Waals surface area contributed by atoms with E-state index in [2.05, 4.69) is 36.5 Å². The SMILES string of the molecule is CNc1cccc(-c2cccc(NC(=O)c3cc(C)c(Br)cn3)c2C)c1Cl.COC(OC)c1ccc(C=O)nc1. The van der Waals surface area contributed by atoms with Crippen LogP contribution in [0.25, 0.3) is 11.1 Å². The van der Waals surface area contributed by atoms with Crippen LogP contribution < -0.4 is 10.6 Å². The van der Waals surface area contributed by atoms with Gasteiger partial charge in [-0.1, -0.05) is 41.9 Å². The Bertz CT molecular complexity index is 1480. The first-order chi connectivity index (χ1) is 19.2. The zero-order valence-electron chi connectivity index (χ0n) is 22.8. The van der Waals surface area contributed by atoms with Crippen molar-refractivity contribution in [1.29, 1.82) is 0 Å². The van der Waals surface area contributed by atoms with E-state index in [0.29, 0.717) is 22.7 Å². The normalized spacial score (nSPS) is 10.5. The molecule has 8 nitrogen and oxygen atoms in total. The fourth-order valence-corrected chi connectivity index (χ4v) is 4.38. The number of hydrogen-bond donors (Lipinski definition) is 2. The lowest BCUT2D eigenvalue weighted by atomic mass is 9.98. The van der Waals surface area contributed by atoms with E-state index >= 15 is 0 Å². The number of benzene rings is 2. The summed E-state index contributed by atoms with van der Waals surface area (Å²) in [5, 5.41) is 6.69. The molecule has 10 heteroatoms. The highest BCUT2D eigenvalue weighted by molar-refractivity contribution is 9.10. The number of nitrogens with zero attached hydrogens (tertiary/aromatic N) is 2. The van der Waals surface area contributed by atoms with Crippen LogP contribution in [0.5, 0.6) is 0 Å². The van der Waals surface area contributed by atoms with Gasteiger partial charge in [-0.15, -0.1) is 0 Å². The molecule has 2 N–H and O–H groups in total. The first-order valence-corrected chi connectivity index (χ1v) is 13.4. The van der Waals surface area contributed by atoms with E-state index in [1.165, 1.54) is 0 Å². The molecule has 0 aliphatic carbocycles. The van der Waals surface area contributed by atoms with Crippen LogP contribution in [0.3, 0.4) is 0 Å². The third-order valence-corrected chi connectivity index (χ3v) is 7.29. The Morgan fingerprint density at radius 3 is 2.23 bits per heavy atom. The van der Waals surface area contributed by atoms with E-state index in [-0.39, 0.29) is 5.91 Å². The maximum absolute atomic E-state index is 12.6. The molecular weight excluding hydrogens is 596 g/mol. The van der Waals surface area contributed by atoms with E-state index in [4.69, 9.17) is 21.1 Å². The van der Waals surface area contributed by atoms with Gasteiger partial charge in [0.15, 0.2) is 12.6 Å². The Morgan fingerprint density at radius 2 is 1.65 bits per heavy atom. The molecule has 1 amide bonds. The summed E-state index contributed by atoms with van der Waals surface area (Å²) in [6, 6.07) is 16.7. The third-order valence-electron chi connectivity index (χ3n) is 6.05. The molecule has 4 rings (SSSR count). The van der Waals surface area contributed by atoms with Crippen molar-refractivity contribution < 1.29 is 19.1 Å². The number of carbonyl (C=O) groups excluding carboxylic acids is 2. The van der Waals surface area contributed by atoms with E-state index < -0.39 is 6.29 Å². The summed E-state index contributed by atoms with van der Waals surface area (Å²) in [4.78, 5) is 31.0. The lowest BCUT2D eigenvalue weighted by Crippen LogP contribution is -2.15. The number of carbonyl (C=O) groups is 2. The van der Waals surface area contributed by atoms with Crippen molar-refractivity contribution in [2.45, 2.75) is 20.1 Å². The van der Waals surface area contributed by atoms with Crippen LogP contribution in [-0.4, -0.2) is 43.4 Å². The molecule has 0 spiro atoms. The van der Waals surface area contributed by atoms with Gasteiger partial charge in [-0.25, -0.2) is 4.98 Å². The Labute approximate surface area is 247 Å². The van der Waals surface area contributed by atoms with Crippen molar-refractivity contribution in [1.82, 2.24) is 9.97 Å². The van der Waals surface area contributed by atoms with Crippen LogP contribution in [-0.2, 0) is 9.47 Å². The maximum Gasteiger partial charge on any atom is 0.274 e. The van der Waals surface area contributed by atoms with Crippen LogP contribution in [0, 0.1) is 13.8 Å². The second kappa shape index (κ2) is 14.7. The number of pyridine rings is 2. The zero-order chi connectivity index (χ0) is 29.2. The van der Waals surface area contributed by atoms with Gasteiger partial charge in [0, 0.05) is 54.9 Å². The lowest BCUT2D eigenvalue weighted by Gasteiger charge is -2.15. The average Bonchev–Trinajstić information content (AvgIpc) is 2.97. The second-order valence-corrected chi connectivity index (χ2v) is 9.84. The number of rotatable bonds is 8. The topological polar surface area (TPSA) is 102 Å². The van der Waals surface area contributed by atoms with Gasteiger partial charge in [0.2, 0.25) is 0 Å². The molecule has 4 aromatic rings. The number of hydrogen-bond acceptors (Lipinski definition) is 7. The van der Waals surface area contributed by atoms with Gasteiger partial charge in [0.1, 0.15) is 11.4 Å².